The Morgan fingerprint density at radius 3 is 2.29 bits per heavy atom. The van der Waals surface area contributed by atoms with E-state index in [4.69, 9.17) is 0 Å². The molecule has 1 amide bonds. The minimum Gasteiger partial charge on any atom is -0.347 e. The van der Waals surface area contributed by atoms with Gasteiger partial charge < -0.3 is 5.32 Å². The van der Waals surface area contributed by atoms with Crippen molar-refractivity contribution in [1.29, 1.82) is 0 Å². The topological polar surface area (TPSA) is 58.5 Å². The molecule has 0 heterocycles. The Balaban J connectivity index is 5.24. The maximum Gasteiger partial charge on any atom is 0.270 e. The van der Waals surface area contributed by atoms with Gasteiger partial charge in [-0.3, -0.25) is 9.59 Å². The summed E-state index contributed by atoms with van der Waals surface area (Å²) < 4.78 is 12.5. The van der Waals surface area contributed by atoms with Crippen molar-refractivity contribution < 1.29 is 13.5 Å². The Bertz CT molecular complexity index is 643. The number of ketones is 1. The number of hydrogen-bond donors (Lipinski definition) is 1. The highest BCUT2D eigenvalue weighted by Crippen LogP contribution is 2.15. The van der Waals surface area contributed by atoms with Gasteiger partial charge in [-0.15, -0.1) is 0 Å². The van der Waals surface area contributed by atoms with E-state index in [1.165, 1.54) is 13.0 Å². The van der Waals surface area contributed by atoms with Crippen molar-refractivity contribution in [2.75, 3.05) is 6.54 Å². The third-order valence-corrected chi connectivity index (χ3v) is 3.15. The van der Waals surface area contributed by atoms with Gasteiger partial charge in [0.15, 0.2) is 5.78 Å². The first-order valence-electron chi connectivity index (χ1n) is 7.23. The van der Waals surface area contributed by atoms with E-state index in [1.807, 2.05) is 32.1 Å². The number of carbonyl (C=O) groups excluding carboxylic acids is 2. The Hall–Kier alpha value is -2.21. The lowest BCUT2D eigenvalue weighted by Crippen LogP contribution is -2.31. The standard InChI is InChI=1S/C18H23FN2O2S/c1-7-16(9-8-12(2)3)11-20-18(23)17(21-15(6)24-19)10-13(4)14(5)22/h7-10H,2,6,11H2,1,3-5H3,(H,20,23)/b9-8-,13-10+,16-7?,21-17+. The fourth-order valence-electron chi connectivity index (χ4n) is 1.39. The second kappa shape index (κ2) is 11.3. The highest BCUT2D eigenvalue weighted by molar-refractivity contribution is 7.98. The monoisotopic (exact) mass is 350 g/mol. The van der Waals surface area contributed by atoms with Crippen molar-refractivity contribution in [3.8, 4) is 0 Å². The van der Waals surface area contributed by atoms with Crippen LogP contribution in [0.25, 0.3) is 0 Å². The average molecular weight is 350 g/mol. The molecule has 0 saturated heterocycles. The molecule has 0 saturated carbocycles. The summed E-state index contributed by atoms with van der Waals surface area (Å²) in [4.78, 5) is 27.4. The predicted molar refractivity (Wildman–Crippen MR) is 100 cm³/mol. The van der Waals surface area contributed by atoms with Crippen LogP contribution in [0.3, 0.4) is 0 Å². The number of Topliss-reactive ketones (excluding diaryl/α,β-unsaturated/α-hetero) is 1. The summed E-state index contributed by atoms with van der Waals surface area (Å²) in [5, 5.41) is 2.52. The fraction of sp³-hybridized carbons (Fsp3) is 0.278. The van der Waals surface area contributed by atoms with Crippen molar-refractivity contribution in [2.45, 2.75) is 27.7 Å². The van der Waals surface area contributed by atoms with Gasteiger partial charge >= 0.3 is 0 Å². The van der Waals surface area contributed by atoms with Gasteiger partial charge in [0.25, 0.3) is 5.91 Å². The largest absolute Gasteiger partial charge is 0.347 e. The zero-order valence-electron chi connectivity index (χ0n) is 14.5. The highest BCUT2D eigenvalue weighted by atomic mass is 32.2. The van der Waals surface area contributed by atoms with E-state index in [0.717, 1.165) is 11.1 Å². The molecule has 0 aromatic rings. The van der Waals surface area contributed by atoms with Crippen molar-refractivity contribution in [1.82, 2.24) is 5.32 Å². The molecule has 0 bridgehead atoms. The molecule has 0 radical (unpaired) electrons. The Labute approximate surface area is 147 Å². The van der Waals surface area contributed by atoms with Gasteiger partial charge in [-0.25, -0.2) is 4.99 Å². The van der Waals surface area contributed by atoms with Gasteiger partial charge in [-0.05, 0) is 44.9 Å². The van der Waals surface area contributed by atoms with Crippen LogP contribution in [0.1, 0.15) is 27.7 Å². The molecule has 0 aliphatic rings. The lowest BCUT2D eigenvalue weighted by atomic mass is 10.1. The van der Waals surface area contributed by atoms with Gasteiger partial charge in [0.1, 0.15) is 22.9 Å². The molecule has 0 aromatic carbocycles. The summed E-state index contributed by atoms with van der Waals surface area (Å²) in [6, 6.07) is 0. The molecule has 0 aliphatic heterocycles. The van der Waals surface area contributed by atoms with E-state index in [1.54, 1.807) is 6.92 Å². The molecule has 6 heteroatoms. The zero-order chi connectivity index (χ0) is 18.7. The summed E-state index contributed by atoms with van der Waals surface area (Å²) in [5.74, 6) is -0.721. The molecule has 0 spiro atoms. The highest BCUT2D eigenvalue weighted by Gasteiger charge is 2.11. The maximum absolute atomic E-state index is 12.5. The van der Waals surface area contributed by atoms with Gasteiger partial charge in [0, 0.05) is 6.54 Å². The van der Waals surface area contributed by atoms with E-state index < -0.39 is 5.91 Å². The maximum atomic E-state index is 12.5. The Kier molecular flexibility index (Phi) is 10.3. The van der Waals surface area contributed by atoms with Crippen LogP contribution in [0.2, 0.25) is 0 Å². The van der Waals surface area contributed by atoms with E-state index >= 15 is 0 Å². The minimum absolute atomic E-state index is 0.0721. The molecule has 0 fully saturated rings. The third-order valence-electron chi connectivity index (χ3n) is 2.88. The number of carbonyl (C=O) groups is 2. The lowest BCUT2D eigenvalue weighted by molar-refractivity contribution is -0.114. The van der Waals surface area contributed by atoms with E-state index in [9.17, 15) is 13.5 Å². The van der Waals surface area contributed by atoms with E-state index in [0.29, 0.717) is 5.57 Å². The quantitative estimate of drug-likeness (QED) is 0.384. The number of hydrogen-bond acceptors (Lipinski definition) is 4. The number of nitrogens with one attached hydrogen (secondary N) is 1. The van der Waals surface area contributed by atoms with Gasteiger partial charge in [0.05, 0.1) is 0 Å². The molecule has 0 aliphatic carbocycles. The summed E-state index contributed by atoms with van der Waals surface area (Å²) in [5.41, 5.74) is 2.03. The first kappa shape index (κ1) is 21.8. The normalized spacial score (nSPS) is 13.1. The van der Waals surface area contributed by atoms with Crippen molar-refractivity contribution in [2.24, 2.45) is 4.99 Å². The average Bonchev–Trinajstić information content (AvgIpc) is 2.53. The molecule has 4 nitrogen and oxygen atoms in total. The smallest absolute Gasteiger partial charge is 0.270 e. The van der Waals surface area contributed by atoms with Crippen LogP contribution in [0.15, 0.2) is 64.2 Å². The Morgan fingerprint density at radius 1 is 1.21 bits per heavy atom. The van der Waals surface area contributed by atoms with Crippen LogP contribution in [-0.2, 0) is 9.59 Å². The summed E-state index contributed by atoms with van der Waals surface area (Å²) in [6.07, 6.45) is 6.84. The van der Waals surface area contributed by atoms with Crippen molar-refractivity contribution >= 4 is 29.5 Å². The minimum atomic E-state index is -0.520. The summed E-state index contributed by atoms with van der Waals surface area (Å²) in [6.45, 7) is 14.1. The van der Waals surface area contributed by atoms with Crippen LogP contribution in [0.5, 0.6) is 0 Å². The number of rotatable bonds is 9. The van der Waals surface area contributed by atoms with Crippen LogP contribution < -0.4 is 5.32 Å². The fourth-order valence-corrected chi connectivity index (χ4v) is 1.52. The zero-order valence-corrected chi connectivity index (χ0v) is 15.3. The molecule has 0 unspecified atom stereocenters. The molecule has 130 valence electrons. The third kappa shape index (κ3) is 9.05. The van der Waals surface area contributed by atoms with Crippen LogP contribution >= 0.6 is 12.1 Å². The van der Waals surface area contributed by atoms with Gasteiger partial charge in [-0.2, -0.15) is 3.89 Å². The van der Waals surface area contributed by atoms with E-state index in [-0.39, 0.29) is 35.2 Å². The Morgan fingerprint density at radius 2 is 1.83 bits per heavy atom. The van der Waals surface area contributed by atoms with Crippen LogP contribution in [0, 0.1) is 0 Å². The van der Waals surface area contributed by atoms with Crippen LogP contribution in [-0.4, -0.2) is 23.9 Å². The molecule has 0 rings (SSSR count). The predicted octanol–water partition coefficient (Wildman–Crippen LogP) is 4.25. The number of halogens is 1. The van der Waals surface area contributed by atoms with Gasteiger partial charge in [-0.1, -0.05) is 37.0 Å². The molecule has 1 N–H and O–H groups in total. The summed E-state index contributed by atoms with van der Waals surface area (Å²) >= 11 is -0.162. The molecular formula is C18H23FN2O2S. The molecule has 0 atom stereocenters. The summed E-state index contributed by atoms with van der Waals surface area (Å²) in [7, 11) is 0. The first-order valence-corrected chi connectivity index (χ1v) is 7.95. The second-order valence-electron chi connectivity index (χ2n) is 5.08. The number of amides is 1. The van der Waals surface area contributed by atoms with Crippen molar-refractivity contribution in [3.63, 3.8) is 0 Å². The van der Waals surface area contributed by atoms with Gasteiger partial charge in [0.2, 0.25) is 0 Å². The lowest BCUT2D eigenvalue weighted by Gasteiger charge is -2.07. The van der Waals surface area contributed by atoms with Crippen molar-refractivity contribution in [3.05, 3.63) is 59.2 Å². The first-order chi connectivity index (χ1) is 11.2. The second-order valence-corrected chi connectivity index (χ2v) is 5.70. The molecule has 0 aromatic heterocycles. The molecule has 24 heavy (non-hydrogen) atoms. The SMILES string of the molecule is C=C(C)/C=C\C(=CC)CNC(=O)C(/C=C(\C)C(C)=O)=N/C(=C)SF. The number of allylic oxidation sites excluding steroid dienone is 4. The number of aliphatic imine (C=N–C) groups is 1. The van der Waals surface area contributed by atoms with E-state index in [2.05, 4.69) is 23.5 Å². The van der Waals surface area contributed by atoms with Crippen LogP contribution in [0.4, 0.5) is 3.89 Å². The molecular weight excluding hydrogens is 327 g/mol. The number of nitrogens with zero attached hydrogens (tertiary/aromatic N) is 1.